The van der Waals surface area contributed by atoms with Gasteiger partial charge >= 0.3 is 12.0 Å². The topological polar surface area (TPSA) is 126 Å². The number of ketones is 1. The third-order valence-corrected chi connectivity index (χ3v) is 5.16. The minimum atomic E-state index is -0.801. The molecule has 0 fully saturated rings. The van der Waals surface area contributed by atoms with Crippen LogP contribution in [-0.2, 0) is 9.53 Å². The van der Waals surface area contributed by atoms with Gasteiger partial charge in [0.1, 0.15) is 24.7 Å². The molecule has 1 aliphatic heterocycles. The van der Waals surface area contributed by atoms with Gasteiger partial charge in [-0.05, 0) is 48.0 Å². The van der Waals surface area contributed by atoms with Crippen molar-refractivity contribution in [2.75, 3.05) is 19.8 Å². The van der Waals surface area contributed by atoms with Gasteiger partial charge in [-0.1, -0.05) is 30.3 Å². The van der Waals surface area contributed by atoms with Crippen molar-refractivity contribution in [3.8, 4) is 23.0 Å². The SMILES string of the molecule is NC(=O)N[C@@H](CC(=O)OCC(=O)c1ccc2c(c1)OCCO2)c1cccc(Oc2ccccc2)c1. The van der Waals surface area contributed by atoms with Crippen molar-refractivity contribution in [2.45, 2.75) is 12.5 Å². The van der Waals surface area contributed by atoms with E-state index in [-0.39, 0.29) is 6.42 Å². The molecule has 1 aliphatic rings. The van der Waals surface area contributed by atoms with Gasteiger partial charge in [0.2, 0.25) is 0 Å². The lowest BCUT2D eigenvalue weighted by Gasteiger charge is -2.19. The first-order chi connectivity index (χ1) is 17.0. The summed E-state index contributed by atoms with van der Waals surface area (Å²) in [4.78, 5) is 36.6. The quantitative estimate of drug-likeness (QED) is 0.356. The highest BCUT2D eigenvalue weighted by Gasteiger charge is 2.21. The second-order valence-electron chi connectivity index (χ2n) is 7.70. The number of benzene rings is 3. The zero-order chi connectivity index (χ0) is 24.6. The van der Waals surface area contributed by atoms with Crippen LogP contribution >= 0.6 is 0 Å². The van der Waals surface area contributed by atoms with Crippen LogP contribution in [0.5, 0.6) is 23.0 Å². The van der Waals surface area contributed by atoms with E-state index in [0.717, 1.165) is 0 Å². The minimum Gasteiger partial charge on any atom is -0.486 e. The number of fused-ring (bicyclic) bond motifs is 1. The number of carbonyl (C=O) groups is 3. The number of urea groups is 1. The van der Waals surface area contributed by atoms with E-state index in [0.29, 0.717) is 47.3 Å². The molecule has 9 nitrogen and oxygen atoms in total. The molecular weight excluding hydrogens is 452 g/mol. The van der Waals surface area contributed by atoms with E-state index in [1.54, 1.807) is 42.5 Å². The number of hydrogen-bond donors (Lipinski definition) is 2. The molecule has 0 saturated heterocycles. The van der Waals surface area contributed by atoms with Crippen LogP contribution in [0.2, 0.25) is 0 Å². The molecule has 35 heavy (non-hydrogen) atoms. The summed E-state index contributed by atoms with van der Waals surface area (Å²) in [6, 6.07) is 19.3. The third-order valence-electron chi connectivity index (χ3n) is 5.16. The molecule has 1 atom stereocenters. The van der Waals surface area contributed by atoms with Gasteiger partial charge in [0.25, 0.3) is 0 Å². The molecular formula is C26H24N2O7. The van der Waals surface area contributed by atoms with Crippen LogP contribution in [0.25, 0.3) is 0 Å². The van der Waals surface area contributed by atoms with Gasteiger partial charge in [0, 0.05) is 5.56 Å². The van der Waals surface area contributed by atoms with Crippen molar-refractivity contribution in [1.82, 2.24) is 5.32 Å². The van der Waals surface area contributed by atoms with Crippen molar-refractivity contribution < 1.29 is 33.3 Å². The molecule has 3 aromatic carbocycles. The lowest BCUT2D eigenvalue weighted by Crippen LogP contribution is -2.34. The standard InChI is InChI=1S/C26H24N2O7/c27-26(31)28-21(17-5-4-8-20(13-17)35-19-6-2-1-3-7-19)15-25(30)34-16-22(29)18-9-10-23-24(14-18)33-12-11-32-23/h1-10,13-14,21H,11-12,15-16H2,(H3,27,28,31)/t21-/m0/s1. The van der Waals surface area contributed by atoms with Gasteiger partial charge < -0.3 is 30.0 Å². The summed E-state index contributed by atoms with van der Waals surface area (Å²) in [6.45, 7) is 0.379. The first-order valence-electron chi connectivity index (χ1n) is 11.0. The summed E-state index contributed by atoms with van der Waals surface area (Å²) in [5, 5.41) is 2.54. The zero-order valence-corrected chi connectivity index (χ0v) is 18.8. The van der Waals surface area contributed by atoms with Crippen LogP contribution in [0.1, 0.15) is 28.4 Å². The summed E-state index contributed by atoms with van der Waals surface area (Å²) < 4.78 is 21.9. The Morgan fingerprint density at radius 3 is 2.40 bits per heavy atom. The van der Waals surface area contributed by atoms with E-state index in [9.17, 15) is 14.4 Å². The van der Waals surface area contributed by atoms with Crippen LogP contribution in [0.4, 0.5) is 4.79 Å². The van der Waals surface area contributed by atoms with Crippen molar-refractivity contribution >= 4 is 17.8 Å². The predicted octanol–water partition coefficient (Wildman–Crippen LogP) is 3.78. The van der Waals surface area contributed by atoms with E-state index in [4.69, 9.17) is 24.7 Å². The van der Waals surface area contributed by atoms with Crippen LogP contribution < -0.4 is 25.3 Å². The summed E-state index contributed by atoms with van der Waals surface area (Å²) in [5.41, 5.74) is 6.24. The van der Waals surface area contributed by atoms with Gasteiger partial charge in [-0.25, -0.2) is 4.79 Å². The molecule has 0 radical (unpaired) electrons. The summed E-state index contributed by atoms with van der Waals surface area (Å²) >= 11 is 0. The molecule has 3 N–H and O–H groups in total. The molecule has 0 saturated carbocycles. The molecule has 9 heteroatoms. The number of nitrogens with two attached hydrogens (primary N) is 1. The maximum atomic E-state index is 12.5. The predicted molar refractivity (Wildman–Crippen MR) is 126 cm³/mol. The summed E-state index contributed by atoms with van der Waals surface area (Å²) in [6.07, 6.45) is -0.230. The Morgan fingerprint density at radius 1 is 0.886 bits per heavy atom. The molecule has 180 valence electrons. The molecule has 0 aromatic heterocycles. The number of hydrogen-bond acceptors (Lipinski definition) is 7. The van der Waals surface area contributed by atoms with E-state index in [1.165, 1.54) is 0 Å². The Morgan fingerprint density at radius 2 is 1.63 bits per heavy atom. The molecule has 0 bridgehead atoms. The second kappa shape index (κ2) is 11.1. The third kappa shape index (κ3) is 6.50. The molecule has 0 aliphatic carbocycles. The molecule has 4 rings (SSSR count). The summed E-state index contributed by atoms with van der Waals surface area (Å²) in [5.74, 6) is 1.12. The number of ether oxygens (including phenoxy) is 4. The number of Topliss-reactive ketones (excluding diaryl/α,β-unsaturated/α-hetero) is 1. The Labute approximate surface area is 201 Å². The fraction of sp³-hybridized carbons (Fsp3) is 0.192. The van der Waals surface area contributed by atoms with Gasteiger partial charge in [-0.3, -0.25) is 9.59 Å². The minimum absolute atomic E-state index is 0.230. The maximum Gasteiger partial charge on any atom is 0.312 e. The van der Waals surface area contributed by atoms with Crippen molar-refractivity contribution in [3.63, 3.8) is 0 Å². The Hall–Kier alpha value is -4.53. The molecule has 0 unspecified atom stereocenters. The molecule has 2 amide bonds. The normalized spacial score (nSPS) is 12.8. The van der Waals surface area contributed by atoms with E-state index in [2.05, 4.69) is 5.32 Å². The number of carbonyl (C=O) groups excluding carboxylic acids is 3. The smallest absolute Gasteiger partial charge is 0.312 e. The summed E-state index contributed by atoms with van der Waals surface area (Å²) in [7, 11) is 0. The Balaban J connectivity index is 1.38. The van der Waals surface area contributed by atoms with Gasteiger partial charge in [-0.15, -0.1) is 0 Å². The molecule has 3 aromatic rings. The highest BCUT2D eigenvalue weighted by atomic mass is 16.6. The average molecular weight is 476 g/mol. The highest BCUT2D eigenvalue weighted by molar-refractivity contribution is 5.98. The van der Waals surface area contributed by atoms with Crippen molar-refractivity contribution in [2.24, 2.45) is 5.73 Å². The molecule has 0 spiro atoms. The van der Waals surface area contributed by atoms with Crippen LogP contribution in [0.3, 0.4) is 0 Å². The van der Waals surface area contributed by atoms with Gasteiger partial charge in [0.05, 0.1) is 12.5 Å². The van der Waals surface area contributed by atoms with Crippen molar-refractivity contribution in [3.05, 3.63) is 83.9 Å². The number of primary amides is 1. The zero-order valence-electron chi connectivity index (χ0n) is 18.8. The highest BCUT2D eigenvalue weighted by Crippen LogP contribution is 2.31. The number of rotatable bonds is 9. The number of para-hydroxylation sites is 1. The van der Waals surface area contributed by atoms with Crippen LogP contribution in [0, 0.1) is 0 Å². The Bertz CT molecular complexity index is 1210. The van der Waals surface area contributed by atoms with Crippen molar-refractivity contribution in [1.29, 1.82) is 0 Å². The van der Waals surface area contributed by atoms with Crippen LogP contribution in [0.15, 0.2) is 72.8 Å². The number of nitrogens with one attached hydrogen (secondary N) is 1. The average Bonchev–Trinajstić information content (AvgIpc) is 2.87. The lowest BCUT2D eigenvalue weighted by molar-refractivity contribution is -0.143. The van der Waals surface area contributed by atoms with Crippen LogP contribution in [-0.4, -0.2) is 37.6 Å². The fourth-order valence-electron chi connectivity index (χ4n) is 3.52. The van der Waals surface area contributed by atoms with Gasteiger partial charge in [-0.2, -0.15) is 0 Å². The number of esters is 1. The molecule has 1 heterocycles. The van der Waals surface area contributed by atoms with E-state index in [1.807, 2.05) is 30.3 Å². The second-order valence-corrected chi connectivity index (χ2v) is 7.70. The largest absolute Gasteiger partial charge is 0.486 e. The van der Waals surface area contributed by atoms with Gasteiger partial charge in [0.15, 0.2) is 23.9 Å². The number of amides is 2. The lowest BCUT2D eigenvalue weighted by atomic mass is 10.0. The first kappa shape index (κ1) is 23.6. The Kier molecular flexibility index (Phi) is 7.47. The first-order valence-corrected chi connectivity index (χ1v) is 11.0. The monoisotopic (exact) mass is 476 g/mol. The van der Waals surface area contributed by atoms with E-state index < -0.39 is 30.4 Å². The van der Waals surface area contributed by atoms with E-state index >= 15 is 0 Å². The maximum absolute atomic E-state index is 12.5. The fourth-order valence-corrected chi connectivity index (χ4v) is 3.52.